The quantitative estimate of drug-likeness (QED) is 0.343. The zero-order chi connectivity index (χ0) is 19.5. The lowest BCUT2D eigenvalue weighted by Gasteiger charge is -2.13. The lowest BCUT2D eigenvalue weighted by atomic mass is 10.0. The first kappa shape index (κ1) is 18.7. The normalized spacial score (nSPS) is 10.8. The number of rotatable bonds is 5. The van der Waals surface area contributed by atoms with E-state index in [-0.39, 0.29) is 0 Å². The lowest BCUT2D eigenvalue weighted by Crippen LogP contribution is -2.00. The van der Waals surface area contributed by atoms with Crippen LogP contribution in [0.1, 0.15) is 11.1 Å². The van der Waals surface area contributed by atoms with Crippen molar-refractivity contribution in [1.29, 1.82) is 0 Å². The van der Waals surface area contributed by atoms with E-state index < -0.39 is 0 Å². The van der Waals surface area contributed by atoms with Gasteiger partial charge in [-0.1, -0.05) is 41.9 Å². The van der Waals surface area contributed by atoms with Gasteiger partial charge in [-0.15, -0.1) is 0 Å². The Hall–Kier alpha value is -2.63. The van der Waals surface area contributed by atoms with Crippen LogP contribution in [0.5, 0.6) is 11.8 Å². The van der Waals surface area contributed by atoms with E-state index in [1.165, 1.54) is 0 Å². The largest absolute Gasteiger partial charge is 0.472 e. The summed E-state index contributed by atoms with van der Waals surface area (Å²) in [5.74, 6) is 0.890. The number of nitrogens with zero attached hydrogens (tertiary/aromatic N) is 2. The standard InChI is InChI=1S/C22H16BrClN2O2/c1-14-18-11-16(12-25-20(18)9-8-19(14)24)17-7-10-21(28-23)26-22(17)27-13-15-5-3-2-4-6-15/h2-12H,13H2,1H3. The van der Waals surface area contributed by atoms with E-state index in [0.29, 0.717) is 23.4 Å². The third kappa shape index (κ3) is 3.81. The van der Waals surface area contributed by atoms with Gasteiger partial charge in [-0.25, -0.2) is 0 Å². The summed E-state index contributed by atoms with van der Waals surface area (Å²) in [4.78, 5) is 9.04. The Balaban J connectivity index is 1.76. The summed E-state index contributed by atoms with van der Waals surface area (Å²) in [6, 6.07) is 19.5. The van der Waals surface area contributed by atoms with Gasteiger partial charge in [0.15, 0.2) is 16.3 Å². The zero-order valence-corrected chi connectivity index (χ0v) is 17.4. The highest BCUT2D eigenvalue weighted by atomic mass is 79.9. The van der Waals surface area contributed by atoms with Crippen molar-refractivity contribution in [3.63, 3.8) is 0 Å². The van der Waals surface area contributed by atoms with E-state index in [2.05, 4.69) is 32.3 Å². The van der Waals surface area contributed by atoms with E-state index in [1.807, 2.05) is 61.7 Å². The fourth-order valence-corrected chi connectivity index (χ4v) is 3.33. The predicted molar refractivity (Wildman–Crippen MR) is 115 cm³/mol. The molecule has 0 amide bonds. The maximum atomic E-state index is 6.29. The van der Waals surface area contributed by atoms with Crippen LogP contribution in [0.3, 0.4) is 0 Å². The average molecular weight is 456 g/mol. The lowest BCUT2D eigenvalue weighted by molar-refractivity contribution is 0.293. The monoisotopic (exact) mass is 454 g/mol. The second-order valence-electron chi connectivity index (χ2n) is 6.32. The van der Waals surface area contributed by atoms with Gasteiger partial charge in [0.25, 0.3) is 0 Å². The molecule has 0 bridgehead atoms. The third-order valence-electron chi connectivity index (χ3n) is 4.51. The Morgan fingerprint density at radius 1 is 1.04 bits per heavy atom. The number of pyridine rings is 2. The first-order valence-corrected chi connectivity index (χ1v) is 9.70. The molecule has 2 heterocycles. The van der Waals surface area contributed by atoms with Gasteiger partial charge in [0.1, 0.15) is 6.61 Å². The predicted octanol–water partition coefficient (Wildman–Crippen LogP) is 6.53. The van der Waals surface area contributed by atoms with Gasteiger partial charge in [-0.2, -0.15) is 4.98 Å². The zero-order valence-electron chi connectivity index (χ0n) is 15.0. The van der Waals surface area contributed by atoms with Crippen molar-refractivity contribution < 1.29 is 8.57 Å². The van der Waals surface area contributed by atoms with Crippen molar-refractivity contribution in [2.24, 2.45) is 0 Å². The number of ether oxygens (including phenoxy) is 1. The maximum Gasteiger partial charge on any atom is 0.230 e. The molecule has 0 spiro atoms. The van der Waals surface area contributed by atoms with Gasteiger partial charge >= 0.3 is 0 Å². The van der Waals surface area contributed by atoms with Crippen molar-refractivity contribution in [3.05, 3.63) is 83.0 Å². The van der Waals surface area contributed by atoms with Crippen LogP contribution in [-0.4, -0.2) is 9.97 Å². The highest BCUT2D eigenvalue weighted by Gasteiger charge is 2.13. The van der Waals surface area contributed by atoms with Crippen LogP contribution in [0, 0.1) is 6.92 Å². The molecule has 0 saturated heterocycles. The van der Waals surface area contributed by atoms with Crippen LogP contribution in [0.15, 0.2) is 66.9 Å². The molecule has 4 rings (SSSR count). The molecule has 2 aromatic heterocycles. The molecule has 140 valence electrons. The van der Waals surface area contributed by atoms with Gasteiger partial charge in [0, 0.05) is 33.8 Å². The molecule has 28 heavy (non-hydrogen) atoms. The first-order chi connectivity index (χ1) is 13.7. The highest BCUT2D eigenvalue weighted by molar-refractivity contribution is 9.06. The Morgan fingerprint density at radius 3 is 2.64 bits per heavy atom. The Kier molecular flexibility index (Phi) is 5.46. The minimum Gasteiger partial charge on any atom is -0.472 e. The number of aromatic nitrogens is 2. The van der Waals surface area contributed by atoms with Crippen molar-refractivity contribution in [3.8, 4) is 22.9 Å². The Labute approximate surface area is 176 Å². The molecule has 0 N–H and O–H groups in total. The van der Waals surface area contributed by atoms with Gasteiger partial charge in [-0.05, 0) is 42.3 Å². The second kappa shape index (κ2) is 8.17. The third-order valence-corrected chi connectivity index (χ3v) is 5.25. The van der Waals surface area contributed by atoms with E-state index in [0.717, 1.165) is 33.2 Å². The number of benzene rings is 2. The highest BCUT2D eigenvalue weighted by Crippen LogP contribution is 2.34. The van der Waals surface area contributed by atoms with Crippen LogP contribution >= 0.6 is 27.9 Å². The molecule has 0 aliphatic carbocycles. The molecular formula is C22H16BrClN2O2. The smallest absolute Gasteiger partial charge is 0.230 e. The fraction of sp³-hybridized carbons (Fsp3) is 0.0909. The van der Waals surface area contributed by atoms with Crippen LogP contribution in [0.2, 0.25) is 5.02 Å². The molecule has 0 unspecified atom stereocenters. The first-order valence-electron chi connectivity index (χ1n) is 8.67. The average Bonchev–Trinajstić information content (AvgIpc) is 2.75. The number of hydrogen-bond donors (Lipinski definition) is 0. The summed E-state index contributed by atoms with van der Waals surface area (Å²) in [7, 11) is 0. The number of aryl methyl sites for hydroxylation is 1. The Morgan fingerprint density at radius 2 is 1.86 bits per heavy atom. The molecule has 0 atom stereocenters. The topological polar surface area (TPSA) is 44.2 Å². The van der Waals surface area contributed by atoms with E-state index in [1.54, 1.807) is 6.07 Å². The number of hydrogen-bond acceptors (Lipinski definition) is 4. The minimum atomic E-state index is 0.401. The van der Waals surface area contributed by atoms with Crippen molar-refractivity contribution in [2.45, 2.75) is 13.5 Å². The van der Waals surface area contributed by atoms with Gasteiger partial charge in [0.05, 0.1) is 5.52 Å². The van der Waals surface area contributed by atoms with E-state index in [9.17, 15) is 0 Å². The molecule has 0 aliphatic heterocycles. The molecule has 4 aromatic rings. The molecule has 0 saturated carbocycles. The summed E-state index contributed by atoms with van der Waals surface area (Å²) >= 11 is 9.26. The van der Waals surface area contributed by atoms with E-state index in [4.69, 9.17) is 20.2 Å². The minimum absolute atomic E-state index is 0.401. The van der Waals surface area contributed by atoms with Crippen molar-refractivity contribution in [1.82, 2.24) is 9.97 Å². The molecule has 4 nitrogen and oxygen atoms in total. The second-order valence-corrected chi connectivity index (χ2v) is 7.05. The van der Waals surface area contributed by atoms with E-state index >= 15 is 0 Å². The van der Waals surface area contributed by atoms with Gasteiger partial charge in [0.2, 0.25) is 11.8 Å². The number of halogens is 2. The SMILES string of the molecule is Cc1c(Cl)ccc2ncc(-c3ccc(OBr)nc3OCc3ccccc3)cc12. The van der Waals surface area contributed by atoms with Gasteiger partial charge in [-0.3, -0.25) is 4.98 Å². The summed E-state index contributed by atoms with van der Waals surface area (Å²) in [5.41, 5.74) is 4.67. The summed E-state index contributed by atoms with van der Waals surface area (Å²) in [6.45, 7) is 2.39. The molecule has 6 heteroatoms. The summed E-state index contributed by atoms with van der Waals surface area (Å²) in [5, 5.41) is 1.72. The van der Waals surface area contributed by atoms with Gasteiger partial charge < -0.3 is 8.57 Å². The molecule has 2 aromatic carbocycles. The maximum absolute atomic E-state index is 6.29. The summed E-state index contributed by atoms with van der Waals surface area (Å²) in [6.07, 6.45) is 1.82. The van der Waals surface area contributed by atoms with Crippen LogP contribution in [0.25, 0.3) is 22.0 Å². The van der Waals surface area contributed by atoms with Crippen molar-refractivity contribution in [2.75, 3.05) is 0 Å². The summed E-state index contributed by atoms with van der Waals surface area (Å²) < 4.78 is 11.1. The van der Waals surface area contributed by atoms with Crippen LogP contribution in [0.4, 0.5) is 0 Å². The molecule has 0 radical (unpaired) electrons. The molecule has 0 fully saturated rings. The van der Waals surface area contributed by atoms with Crippen LogP contribution in [-0.2, 0) is 6.61 Å². The fourth-order valence-electron chi connectivity index (χ4n) is 2.98. The Bertz CT molecular complexity index is 1140. The van der Waals surface area contributed by atoms with Crippen molar-refractivity contribution >= 4 is 38.8 Å². The van der Waals surface area contributed by atoms with Crippen LogP contribution < -0.4 is 8.57 Å². The molecule has 0 aliphatic rings. The molecular weight excluding hydrogens is 440 g/mol. The number of fused-ring (bicyclic) bond motifs is 1.